The van der Waals surface area contributed by atoms with Gasteiger partial charge in [-0.05, 0) is 68.3 Å². The van der Waals surface area contributed by atoms with Crippen molar-refractivity contribution in [3.05, 3.63) is 80.5 Å². The Bertz CT molecular complexity index is 1370. The number of carbonyl (C=O) groups excluding carboxylic acids is 2. The van der Waals surface area contributed by atoms with E-state index in [4.69, 9.17) is 4.74 Å². The van der Waals surface area contributed by atoms with Crippen LogP contribution in [0.3, 0.4) is 0 Å². The van der Waals surface area contributed by atoms with Gasteiger partial charge in [-0.2, -0.15) is 26.3 Å². The molecule has 3 rings (SSSR count). The number of amides is 2. The maximum Gasteiger partial charge on any atom is 0.435 e. The average Bonchev–Trinajstić information content (AvgIpc) is 2.97. The average molecular weight is 747 g/mol. The molecule has 0 radical (unpaired) electrons. The summed E-state index contributed by atoms with van der Waals surface area (Å²) in [6, 6.07) is 7.70. The van der Waals surface area contributed by atoms with Crippen molar-refractivity contribution in [1.29, 1.82) is 0 Å². The van der Waals surface area contributed by atoms with Gasteiger partial charge in [0.1, 0.15) is 0 Å². The smallest absolute Gasteiger partial charge is 0.435 e. The van der Waals surface area contributed by atoms with Crippen LogP contribution in [0.25, 0.3) is 0 Å². The largest absolute Gasteiger partial charge is 0.494 e. The number of carbonyl (C=O) groups is 2. The van der Waals surface area contributed by atoms with Crippen LogP contribution in [-0.4, -0.2) is 43.3 Å². The Hall–Kier alpha value is -3.20. The summed E-state index contributed by atoms with van der Waals surface area (Å²) in [6.07, 6.45) is -9.83. The number of halogens is 9. The van der Waals surface area contributed by atoms with Crippen LogP contribution in [-0.2, 0) is 5.67 Å². The van der Waals surface area contributed by atoms with Gasteiger partial charge in [0, 0.05) is 39.5 Å². The molecule has 0 atom stereocenters. The molecule has 236 valence electrons. The lowest BCUT2D eigenvalue weighted by atomic mass is 9.94. The summed E-state index contributed by atoms with van der Waals surface area (Å²) in [5.74, 6) is -1.43. The Labute approximate surface area is 260 Å². The first-order valence-corrected chi connectivity index (χ1v) is 14.1. The van der Waals surface area contributed by atoms with E-state index in [-0.39, 0.29) is 28.3 Å². The van der Waals surface area contributed by atoms with E-state index in [1.165, 1.54) is 56.9 Å². The summed E-state index contributed by atoms with van der Waals surface area (Å²) in [4.78, 5) is 30.7. The van der Waals surface area contributed by atoms with Crippen molar-refractivity contribution >= 4 is 55.0 Å². The predicted molar refractivity (Wildman–Crippen MR) is 157 cm³/mol. The van der Waals surface area contributed by atoms with Gasteiger partial charge in [0.25, 0.3) is 11.8 Å². The number of para-hydroxylation sites is 1. The number of hydrogen-bond donors (Lipinski definition) is 1. The van der Waals surface area contributed by atoms with Crippen LogP contribution in [0, 0.1) is 0 Å². The second kappa shape index (κ2) is 15.5. The third-order valence-corrected chi connectivity index (χ3v) is 6.69. The lowest BCUT2D eigenvalue weighted by Gasteiger charge is -2.31. The van der Waals surface area contributed by atoms with Gasteiger partial charge < -0.3 is 15.0 Å². The number of alkyl halides is 7. The van der Waals surface area contributed by atoms with E-state index in [2.05, 4.69) is 42.2 Å². The van der Waals surface area contributed by atoms with Crippen LogP contribution in [0.5, 0.6) is 5.75 Å². The molecule has 1 N–H and O–H groups in total. The summed E-state index contributed by atoms with van der Waals surface area (Å²) in [7, 11) is 2.41. The molecular weight excluding hydrogens is 719 g/mol. The van der Waals surface area contributed by atoms with Gasteiger partial charge in [-0.25, -0.2) is 4.39 Å². The number of anilines is 2. The van der Waals surface area contributed by atoms with E-state index >= 15 is 0 Å². The van der Waals surface area contributed by atoms with Crippen LogP contribution >= 0.6 is 31.9 Å². The molecule has 0 saturated heterocycles. The Balaban J connectivity index is 0.00000221. The zero-order chi connectivity index (χ0) is 33.3. The summed E-state index contributed by atoms with van der Waals surface area (Å²) in [6.45, 7) is 8.00. The van der Waals surface area contributed by atoms with Gasteiger partial charge in [0.05, 0.1) is 24.0 Å². The molecular formula is C28H28Br2F7N3O3. The first-order chi connectivity index (χ1) is 20.0. The fourth-order valence-corrected chi connectivity index (χ4v) is 5.30. The normalized spacial score (nSPS) is 11.3. The van der Waals surface area contributed by atoms with Gasteiger partial charge >= 0.3 is 18.0 Å². The fraction of sp³-hybridized carbons (Fsp3) is 0.321. The van der Waals surface area contributed by atoms with Crippen LogP contribution in [0.2, 0.25) is 0 Å². The molecule has 0 aliphatic carbocycles. The van der Waals surface area contributed by atoms with Crippen molar-refractivity contribution < 1.29 is 45.1 Å². The van der Waals surface area contributed by atoms with E-state index in [1.54, 1.807) is 0 Å². The Kier molecular flexibility index (Phi) is 13.6. The van der Waals surface area contributed by atoms with E-state index in [0.29, 0.717) is 12.1 Å². The highest BCUT2D eigenvalue weighted by atomic mass is 79.9. The molecule has 3 aromatic rings. The molecule has 1 heterocycles. The molecule has 0 unspecified atom stereocenters. The van der Waals surface area contributed by atoms with Gasteiger partial charge in [-0.15, -0.1) is 0 Å². The number of nitrogens with zero attached hydrogens (tertiary/aromatic N) is 2. The van der Waals surface area contributed by atoms with Gasteiger partial charge in [0.2, 0.25) is 0 Å². The lowest BCUT2D eigenvalue weighted by Crippen LogP contribution is -2.50. The lowest BCUT2D eigenvalue weighted by molar-refractivity contribution is -0.348. The van der Waals surface area contributed by atoms with E-state index in [0.717, 1.165) is 4.90 Å². The molecule has 2 aromatic carbocycles. The van der Waals surface area contributed by atoms with Crippen molar-refractivity contribution in [3.63, 3.8) is 0 Å². The maximum atomic E-state index is 14.6. The van der Waals surface area contributed by atoms with E-state index in [9.17, 15) is 40.3 Å². The highest BCUT2D eigenvalue weighted by Gasteiger charge is 2.73. The van der Waals surface area contributed by atoms with Crippen molar-refractivity contribution in [1.82, 2.24) is 4.98 Å². The zero-order valence-corrected chi connectivity index (χ0v) is 26.9. The van der Waals surface area contributed by atoms with Crippen LogP contribution in [0.1, 0.15) is 54.0 Å². The Morgan fingerprint density at radius 1 is 0.860 bits per heavy atom. The van der Waals surface area contributed by atoms with Gasteiger partial charge in [-0.3, -0.25) is 14.6 Å². The molecule has 43 heavy (non-hydrogen) atoms. The highest BCUT2D eigenvalue weighted by Crippen LogP contribution is 2.54. The molecule has 6 nitrogen and oxygen atoms in total. The summed E-state index contributed by atoms with van der Waals surface area (Å²) >= 11 is 5.71. The molecule has 2 amide bonds. The van der Waals surface area contributed by atoms with Crippen LogP contribution < -0.4 is 15.0 Å². The number of ether oxygens (including phenoxy) is 1. The summed E-state index contributed by atoms with van der Waals surface area (Å²) in [5.41, 5.74) is -7.37. The first kappa shape index (κ1) is 37.8. The molecule has 0 aliphatic heterocycles. The van der Waals surface area contributed by atoms with E-state index in [1.807, 2.05) is 27.7 Å². The number of nitrogens with one attached hydrogen (secondary N) is 1. The minimum absolute atomic E-state index is 0.0717. The minimum Gasteiger partial charge on any atom is -0.494 e. The Morgan fingerprint density at radius 3 is 1.79 bits per heavy atom. The second-order valence-corrected chi connectivity index (χ2v) is 9.59. The number of hydrogen-bond acceptors (Lipinski definition) is 4. The summed E-state index contributed by atoms with van der Waals surface area (Å²) < 4.78 is 98.5. The van der Waals surface area contributed by atoms with Crippen LogP contribution in [0.4, 0.5) is 42.1 Å². The number of methoxy groups -OCH3 is 1. The van der Waals surface area contributed by atoms with Gasteiger partial charge in [0.15, 0.2) is 5.75 Å². The number of rotatable bonds is 6. The number of pyridine rings is 1. The highest BCUT2D eigenvalue weighted by molar-refractivity contribution is 9.11. The monoisotopic (exact) mass is 745 g/mol. The van der Waals surface area contributed by atoms with Gasteiger partial charge in [-0.1, -0.05) is 33.8 Å². The molecule has 0 saturated carbocycles. The molecule has 15 heteroatoms. The summed E-state index contributed by atoms with van der Waals surface area (Å²) in [5, 5.41) is 2.59. The number of benzene rings is 2. The zero-order valence-electron chi connectivity index (χ0n) is 23.7. The molecule has 0 fully saturated rings. The maximum absolute atomic E-state index is 14.6. The van der Waals surface area contributed by atoms with Crippen molar-refractivity contribution in [2.45, 2.75) is 45.7 Å². The van der Waals surface area contributed by atoms with Crippen molar-refractivity contribution in [3.8, 4) is 5.75 Å². The Morgan fingerprint density at radius 2 is 1.35 bits per heavy atom. The molecule has 1 aromatic heterocycles. The molecule has 0 bridgehead atoms. The third-order valence-electron chi connectivity index (χ3n) is 5.48. The van der Waals surface area contributed by atoms with Crippen LogP contribution in [0.15, 0.2) is 63.8 Å². The first-order valence-electron chi connectivity index (χ1n) is 12.5. The minimum atomic E-state index is -6.32. The second-order valence-electron chi connectivity index (χ2n) is 7.88. The SMILES string of the molecule is CC.CC.COc1c(NC(=O)c2ccncc2)cccc1C(=O)N(C)c1c(Br)cc(C(F)(C(F)(F)F)C(F)(F)F)cc1Br. The van der Waals surface area contributed by atoms with E-state index < -0.39 is 44.3 Å². The number of aromatic nitrogens is 1. The van der Waals surface area contributed by atoms with Crippen molar-refractivity contribution in [2.24, 2.45) is 0 Å². The van der Waals surface area contributed by atoms with Crippen molar-refractivity contribution in [2.75, 3.05) is 24.4 Å². The molecule has 0 spiro atoms. The predicted octanol–water partition coefficient (Wildman–Crippen LogP) is 9.49. The standard InChI is InChI=1S/C24H16Br2F7N3O3.2C2H6/c1-36(18-15(25)10-13(11-16(18)26)22(27,23(28,29)30)24(31,32)33)21(38)14-4-3-5-17(19(14)39-2)35-20(37)12-6-8-34-9-7-12;2*1-2/h3-11H,1-2H3,(H,35,37);2*1-2H3. The topological polar surface area (TPSA) is 71.5 Å². The molecule has 0 aliphatic rings. The third kappa shape index (κ3) is 8.05. The fourth-order valence-electron chi connectivity index (χ4n) is 3.58. The quantitative estimate of drug-likeness (QED) is 0.255.